The molecule has 0 bridgehead atoms. The van der Waals surface area contributed by atoms with Crippen LogP contribution in [0.5, 0.6) is 11.5 Å². The number of benzene rings is 2. The van der Waals surface area contributed by atoms with Crippen molar-refractivity contribution in [3.8, 4) is 23.0 Å². The standard InChI is InChI=1S/C18H15N3O6S/c1-10(22)11-5-7-16(13(8-11)21(23)24)28-18-20-19-17(27-18)12-4-6-14(25-2)15(9-12)26-3/h4-9H,1-3H3. The third kappa shape index (κ3) is 3.96. The zero-order valence-electron chi connectivity index (χ0n) is 15.2. The van der Waals surface area contributed by atoms with Crippen LogP contribution in [0, 0.1) is 10.1 Å². The van der Waals surface area contributed by atoms with Gasteiger partial charge in [-0.15, -0.1) is 10.2 Å². The molecule has 0 amide bonds. The monoisotopic (exact) mass is 401 g/mol. The molecule has 0 aliphatic heterocycles. The molecule has 1 aromatic heterocycles. The molecule has 3 rings (SSSR count). The van der Waals surface area contributed by atoms with Crippen LogP contribution in [0.25, 0.3) is 11.5 Å². The van der Waals surface area contributed by atoms with E-state index in [0.29, 0.717) is 17.1 Å². The van der Waals surface area contributed by atoms with E-state index in [1.54, 1.807) is 18.2 Å². The zero-order chi connectivity index (χ0) is 20.3. The Labute approximate surface area is 163 Å². The molecule has 0 aliphatic carbocycles. The Hall–Kier alpha value is -3.40. The highest BCUT2D eigenvalue weighted by molar-refractivity contribution is 7.99. The SMILES string of the molecule is COc1ccc(-c2nnc(Sc3ccc(C(C)=O)cc3[N+](=O)[O-])o2)cc1OC. The number of ether oxygens (including phenoxy) is 2. The molecule has 10 heteroatoms. The van der Waals surface area contributed by atoms with E-state index in [9.17, 15) is 14.9 Å². The number of Topliss-reactive ketones (excluding diaryl/α,β-unsaturated/α-hetero) is 1. The van der Waals surface area contributed by atoms with Gasteiger partial charge in [0.25, 0.3) is 10.9 Å². The van der Waals surface area contributed by atoms with Gasteiger partial charge in [-0.3, -0.25) is 14.9 Å². The van der Waals surface area contributed by atoms with Gasteiger partial charge in [0.05, 0.1) is 24.0 Å². The maximum atomic E-state index is 11.5. The molecule has 0 atom stereocenters. The Kier molecular flexibility index (Phi) is 5.59. The molecule has 0 saturated carbocycles. The molecule has 0 unspecified atom stereocenters. The summed E-state index contributed by atoms with van der Waals surface area (Å²) >= 11 is 0.947. The number of nitrogens with zero attached hydrogens (tertiary/aromatic N) is 3. The van der Waals surface area contributed by atoms with Crippen LogP contribution in [0.15, 0.2) is 50.9 Å². The van der Waals surface area contributed by atoms with Gasteiger partial charge in [-0.25, -0.2) is 0 Å². The normalized spacial score (nSPS) is 10.5. The van der Waals surface area contributed by atoms with Gasteiger partial charge in [0, 0.05) is 17.2 Å². The van der Waals surface area contributed by atoms with Gasteiger partial charge in [-0.05, 0) is 49.0 Å². The van der Waals surface area contributed by atoms with Crippen molar-refractivity contribution in [2.75, 3.05) is 14.2 Å². The van der Waals surface area contributed by atoms with E-state index < -0.39 is 4.92 Å². The Morgan fingerprint density at radius 3 is 2.50 bits per heavy atom. The Morgan fingerprint density at radius 1 is 1.11 bits per heavy atom. The molecule has 0 N–H and O–H groups in total. The number of hydrogen-bond donors (Lipinski definition) is 0. The van der Waals surface area contributed by atoms with Crippen molar-refractivity contribution in [2.45, 2.75) is 17.0 Å². The molecular formula is C18H15N3O6S. The van der Waals surface area contributed by atoms with Gasteiger partial charge < -0.3 is 13.9 Å². The summed E-state index contributed by atoms with van der Waals surface area (Å²) in [6.45, 7) is 1.35. The lowest BCUT2D eigenvalue weighted by atomic mass is 10.1. The second-order valence-electron chi connectivity index (χ2n) is 5.54. The largest absolute Gasteiger partial charge is 0.493 e. The highest BCUT2D eigenvalue weighted by Crippen LogP contribution is 2.37. The van der Waals surface area contributed by atoms with Crippen molar-refractivity contribution >= 4 is 23.2 Å². The van der Waals surface area contributed by atoms with Gasteiger partial charge in [-0.1, -0.05) is 0 Å². The number of ketones is 1. The molecule has 0 saturated heterocycles. The van der Waals surface area contributed by atoms with E-state index in [4.69, 9.17) is 13.9 Å². The van der Waals surface area contributed by atoms with E-state index in [-0.39, 0.29) is 33.0 Å². The highest BCUT2D eigenvalue weighted by Gasteiger charge is 2.20. The number of hydrogen-bond acceptors (Lipinski definition) is 9. The molecule has 28 heavy (non-hydrogen) atoms. The average molecular weight is 401 g/mol. The van der Waals surface area contributed by atoms with E-state index in [0.717, 1.165) is 11.8 Å². The quantitative estimate of drug-likeness (QED) is 0.328. The topological polar surface area (TPSA) is 118 Å². The smallest absolute Gasteiger partial charge is 0.284 e. The number of nitro groups is 1. The van der Waals surface area contributed by atoms with Crippen molar-refractivity contribution in [3.63, 3.8) is 0 Å². The van der Waals surface area contributed by atoms with Crippen LogP contribution in [0.1, 0.15) is 17.3 Å². The maximum absolute atomic E-state index is 11.5. The number of methoxy groups -OCH3 is 2. The first kappa shape index (κ1) is 19.4. The highest BCUT2D eigenvalue weighted by atomic mass is 32.2. The Balaban J connectivity index is 1.89. The van der Waals surface area contributed by atoms with Gasteiger partial charge in [-0.2, -0.15) is 0 Å². The van der Waals surface area contributed by atoms with Gasteiger partial charge in [0.2, 0.25) is 5.89 Å². The first-order valence-corrected chi connectivity index (χ1v) is 8.77. The Bertz CT molecular complexity index is 1050. The molecule has 9 nitrogen and oxygen atoms in total. The first-order chi connectivity index (χ1) is 13.4. The van der Waals surface area contributed by atoms with Crippen LogP contribution in [0.2, 0.25) is 0 Å². The predicted octanol–water partition coefficient (Wildman–Crippen LogP) is 4.02. The third-order valence-corrected chi connectivity index (χ3v) is 4.70. The van der Waals surface area contributed by atoms with Gasteiger partial charge >= 0.3 is 0 Å². The van der Waals surface area contributed by atoms with E-state index >= 15 is 0 Å². The number of aromatic nitrogens is 2. The number of carbonyl (C=O) groups is 1. The minimum Gasteiger partial charge on any atom is -0.493 e. The minimum atomic E-state index is -0.555. The summed E-state index contributed by atoms with van der Waals surface area (Å²) in [7, 11) is 3.05. The predicted molar refractivity (Wildman–Crippen MR) is 100 cm³/mol. The summed E-state index contributed by atoms with van der Waals surface area (Å²) in [6, 6.07) is 9.36. The van der Waals surface area contributed by atoms with Crippen LogP contribution in [-0.4, -0.2) is 35.1 Å². The summed E-state index contributed by atoms with van der Waals surface area (Å²) in [5.41, 5.74) is 0.662. The lowest BCUT2D eigenvalue weighted by Crippen LogP contribution is -1.97. The summed E-state index contributed by atoms with van der Waals surface area (Å²) in [4.78, 5) is 22.5. The first-order valence-electron chi connectivity index (χ1n) is 7.96. The van der Waals surface area contributed by atoms with E-state index in [2.05, 4.69) is 10.2 Å². The fraction of sp³-hybridized carbons (Fsp3) is 0.167. The maximum Gasteiger partial charge on any atom is 0.284 e. The molecule has 2 aromatic carbocycles. The second-order valence-corrected chi connectivity index (χ2v) is 6.53. The third-order valence-electron chi connectivity index (χ3n) is 3.80. The molecule has 0 fully saturated rings. The molecule has 0 spiro atoms. The molecule has 1 heterocycles. The summed E-state index contributed by atoms with van der Waals surface area (Å²) < 4.78 is 16.1. The summed E-state index contributed by atoms with van der Waals surface area (Å²) in [5, 5.41) is 19.4. The molecular weight excluding hydrogens is 386 g/mol. The Morgan fingerprint density at radius 2 is 1.86 bits per heavy atom. The van der Waals surface area contributed by atoms with Gasteiger partial charge in [0.1, 0.15) is 0 Å². The number of rotatable bonds is 7. The van der Waals surface area contributed by atoms with Crippen LogP contribution in [0.3, 0.4) is 0 Å². The molecule has 0 aliphatic rings. The lowest BCUT2D eigenvalue weighted by molar-refractivity contribution is -0.387. The second kappa shape index (κ2) is 8.09. The molecule has 3 aromatic rings. The average Bonchev–Trinajstić information content (AvgIpc) is 3.15. The zero-order valence-corrected chi connectivity index (χ0v) is 16.0. The van der Waals surface area contributed by atoms with Crippen LogP contribution in [0.4, 0.5) is 5.69 Å². The van der Waals surface area contributed by atoms with Crippen molar-refractivity contribution < 1.29 is 23.6 Å². The summed E-state index contributed by atoms with van der Waals surface area (Å²) in [6.07, 6.45) is 0. The summed E-state index contributed by atoms with van der Waals surface area (Å²) in [5.74, 6) is 1.03. The lowest BCUT2D eigenvalue weighted by Gasteiger charge is -2.07. The van der Waals surface area contributed by atoms with Crippen molar-refractivity contribution in [2.24, 2.45) is 0 Å². The minimum absolute atomic E-state index is 0.128. The van der Waals surface area contributed by atoms with Crippen LogP contribution < -0.4 is 9.47 Å². The fourth-order valence-electron chi connectivity index (χ4n) is 2.40. The van der Waals surface area contributed by atoms with Crippen LogP contribution in [-0.2, 0) is 0 Å². The van der Waals surface area contributed by atoms with Crippen molar-refractivity contribution in [1.82, 2.24) is 10.2 Å². The van der Waals surface area contributed by atoms with Gasteiger partial charge in [0.15, 0.2) is 17.3 Å². The molecule has 144 valence electrons. The fourth-order valence-corrected chi connectivity index (χ4v) is 3.16. The van der Waals surface area contributed by atoms with Crippen LogP contribution >= 0.6 is 11.8 Å². The number of carbonyl (C=O) groups excluding carboxylic acids is 1. The number of nitro benzene ring substituents is 1. The van der Waals surface area contributed by atoms with E-state index in [1.165, 1.54) is 39.3 Å². The van der Waals surface area contributed by atoms with Crippen molar-refractivity contribution in [1.29, 1.82) is 0 Å². The van der Waals surface area contributed by atoms with Crippen molar-refractivity contribution in [3.05, 3.63) is 52.1 Å². The van der Waals surface area contributed by atoms with E-state index in [1.807, 2.05) is 0 Å². The molecule has 0 radical (unpaired) electrons.